The van der Waals surface area contributed by atoms with Crippen molar-refractivity contribution in [2.45, 2.75) is 44.1 Å². The van der Waals surface area contributed by atoms with Gasteiger partial charge in [0.15, 0.2) is 17.5 Å². The van der Waals surface area contributed by atoms with Crippen molar-refractivity contribution in [2.75, 3.05) is 5.32 Å². The zero-order valence-corrected chi connectivity index (χ0v) is 10.9. The van der Waals surface area contributed by atoms with Crippen molar-refractivity contribution >= 4 is 11.6 Å². The van der Waals surface area contributed by atoms with Gasteiger partial charge in [0.1, 0.15) is 0 Å². The predicted octanol–water partition coefficient (Wildman–Crippen LogP) is 3.13. The Morgan fingerprint density at radius 3 is 2.25 bits per heavy atom. The first-order chi connectivity index (χ1) is 9.39. The van der Waals surface area contributed by atoms with E-state index in [1.165, 1.54) is 0 Å². The van der Waals surface area contributed by atoms with Crippen molar-refractivity contribution in [3.05, 3.63) is 29.6 Å². The zero-order chi connectivity index (χ0) is 14.8. The van der Waals surface area contributed by atoms with Crippen LogP contribution in [0.5, 0.6) is 0 Å². The Hall–Kier alpha value is -1.56. The van der Waals surface area contributed by atoms with E-state index in [-0.39, 0.29) is 12.1 Å². The highest BCUT2D eigenvalue weighted by Crippen LogP contribution is 2.31. The number of halogens is 3. The molecule has 0 saturated heterocycles. The van der Waals surface area contributed by atoms with E-state index in [9.17, 15) is 23.1 Å². The van der Waals surface area contributed by atoms with Gasteiger partial charge in [0.2, 0.25) is 5.91 Å². The van der Waals surface area contributed by atoms with Crippen LogP contribution in [0.2, 0.25) is 0 Å². The monoisotopic (exact) mass is 287 g/mol. The van der Waals surface area contributed by atoms with Crippen LogP contribution >= 0.6 is 0 Å². The molecule has 20 heavy (non-hydrogen) atoms. The Balaban J connectivity index is 2.01. The largest absolute Gasteiger partial charge is 0.389 e. The first-order valence-electron chi connectivity index (χ1n) is 6.56. The van der Waals surface area contributed by atoms with Gasteiger partial charge in [-0.05, 0) is 12.8 Å². The number of amides is 1. The number of benzene rings is 1. The molecule has 0 heterocycles. The topological polar surface area (TPSA) is 49.3 Å². The van der Waals surface area contributed by atoms with E-state index in [0.29, 0.717) is 25.0 Å². The normalized spacial score (nSPS) is 17.8. The Morgan fingerprint density at radius 2 is 1.70 bits per heavy atom. The highest BCUT2D eigenvalue weighted by Gasteiger charge is 2.31. The first kappa shape index (κ1) is 14.8. The number of carbonyl (C=O) groups excluding carboxylic acids is 1. The average molecular weight is 287 g/mol. The molecule has 1 aliphatic rings. The van der Waals surface area contributed by atoms with Crippen LogP contribution in [-0.4, -0.2) is 16.6 Å². The number of anilines is 1. The number of hydrogen-bond acceptors (Lipinski definition) is 2. The van der Waals surface area contributed by atoms with Crippen LogP contribution in [0.25, 0.3) is 0 Å². The maximum atomic E-state index is 13.0. The van der Waals surface area contributed by atoms with Crippen molar-refractivity contribution in [3.8, 4) is 0 Å². The van der Waals surface area contributed by atoms with E-state index >= 15 is 0 Å². The van der Waals surface area contributed by atoms with E-state index in [2.05, 4.69) is 5.32 Å². The molecule has 0 aromatic heterocycles. The molecule has 110 valence electrons. The van der Waals surface area contributed by atoms with Crippen molar-refractivity contribution < 1.29 is 23.1 Å². The van der Waals surface area contributed by atoms with Gasteiger partial charge in [-0.3, -0.25) is 4.79 Å². The molecule has 1 amide bonds. The van der Waals surface area contributed by atoms with Crippen LogP contribution < -0.4 is 5.32 Å². The van der Waals surface area contributed by atoms with Gasteiger partial charge in [-0.25, -0.2) is 13.2 Å². The summed E-state index contributed by atoms with van der Waals surface area (Å²) in [6.07, 6.45) is 3.66. The summed E-state index contributed by atoms with van der Waals surface area (Å²) in [6.45, 7) is 0. The summed E-state index contributed by atoms with van der Waals surface area (Å²) >= 11 is 0. The minimum absolute atomic E-state index is 0.131. The van der Waals surface area contributed by atoms with Crippen LogP contribution in [0, 0.1) is 17.5 Å². The lowest BCUT2D eigenvalue weighted by Crippen LogP contribution is -2.35. The van der Waals surface area contributed by atoms with Crippen LogP contribution in [0.1, 0.15) is 38.5 Å². The summed E-state index contributed by atoms with van der Waals surface area (Å²) in [6, 6.07) is 1.42. The van der Waals surface area contributed by atoms with Crippen molar-refractivity contribution in [2.24, 2.45) is 0 Å². The highest BCUT2D eigenvalue weighted by molar-refractivity contribution is 5.91. The zero-order valence-electron chi connectivity index (χ0n) is 10.9. The number of hydrogen-bond donors (Lipinski definition) is 2. The van der Waals surface area contributed by atoms with Gasteiger partial charge in [-0.1, -0.05) is 19.3 Å². The van der Waals surface area contributed by atoms with Crippen LogP contribution in [0.3, 0.4) is 0 Å². The van der Waals surface area contributed by atoms with Gasteiger partial charge < -0.3 is 10.4 Å². The Morgan fingerprint density at radius 1 is 1.15 bits per heavy atom. The molecule has 2 rings (SSSR count). The molecule has 0 aliphatic heterocycles. The minimum atomic E-state index is -1.58. The van der Waals surface area contributed by atoms with Crippen molar-refractivity contribution in [3.63, 3.8) is 0 Å². The lowest BCUT2D eigenvalue weighted by Gasteiger charge is -2.31. The molecule has 3 nitrogen and oxygen atoms in total. The van der Waals surface area contributed by atoms with E-state index in [1.807, 2.05) is 0 Å². The van der Waals surface area contributed by atoms with Crippen LogP contribution in [-0.2, 0) is 4.79 Å². The summed E-state index contributed by atoms with van der Waals surface area (Å²) in [7, 11) is 0. The SMILES string of the molecule is O=C(CC1(O)CCCCC1)Nc1cc(F)c(F)c(F)c1. The number of nitrogens with one attached hydrogen (secondary N) is 1. The average Bonchev–Trinajstić information content (AvgIpc) is 2.35. The molecule has 1 aliphatic carbocycles. The number of aliphatic hydroxyl groups is 1. The number of rotatable bonds is 3. The molecular weight excluding hydrogens is 271 g/mol. The van der Waals surface area contributed by atoms with Crippen LogP contribution in [0.15, 0.2) is 12.1 Å². The molecule has 0 spiro atoms. The second kappa shape index (κ2) is 5.83. The molecular formula is C14H16F3NO2. The van der Waals surface area contributed by atoms with Gasteiger partial charge in [0.25, 0.3) is 0 Å². The van der Waals surface area contributed by atoms with E-state index < -0.39 is 29.0 Å². The fourth-order valence-corrected chi connectivity index (χ4v) is 2.52. The summed E-state index contributed by atoms with van der Waals surface area (Å²) < 4.78 is 38.8. The first-order valence-corrected chi connectivity index (χ1v) is 6.56. The van der Waals surface area contributed by atoms with Gasteiger partial charge in [-0.2, -0.15) is 0 Å². The molecule has 6 heteroatoms. The highest BCUT2D eigenvalue weighted by atomic mass is 19.2. The van der Waals surface area contributed by atoms with E-state index in [4.69, 9.17) is 0 Å². The lowest BCUT2D eigenvalue weighted by molar-refractivity contribution is -0.122. The third kappa shape index (κ3) is 3.50. The molecule has 0 bridgehead atoms. The minimum Gasteiger partial charge on any atom is -0.389 e. The molecule has 1 saturated carbocycles. The summed E-state index contributed by atoms with van der Waals surface area (Å²) in [5.41, 5.74) is -1.22. The fraction of sp³-hybridized carbons (Fsp3) is 0.500. The second-order valence-electron chi connectivity index (χ2n) is 5.26. The molecule has 0 unspecified atom stereocenters. The third-order valence-corrected chi connectivity index (χ3v) is 3.54. The fourth-order valence-electron chi connectivity index (χ4n) is 2.52. The van der Waals surface area contributed by atoms with E-state index in [1.54, 1.807) is 0 Å². The maximum absolute atomic E-state index is 13.0. The summed E-state index contributed by atoms with van der Waals surface area (Å²) in [5.74, 6) is -4.85. The van der Waals surface area contributed by atoms with Gasteiger partial charge in [0, 0.05) is 17.8 Å². The molecule has 0 radical (unpaired) electrons. The molecule has 1 aromatic rings. The van der Waals surface area contributed by atoms with Gasteiger partial charge in [-0.15, -0.1) is 0 Å². The molecule has 0 atom stereocenters. The van der Waals surface area contributed by atoms with Crippen molar-refractivity contribution in [1.29, 1.82) is 0 Å². The quantitative estimate of drug-likeness (QED) is 0.839. The Bertz CT molecular complexity index is 490. The summed E-state index contributed by atoms with van der Waals surface area (Å²) in [5, 5.41) is 12.5. The molecule has 2 N–H and O–H groups in total. The molecule has 1 fully saturated rings. The third-order valence-electron chi connectivity index (χ3n) is 3.54. The lowest BCUT2D eigenvalue weighted by atomic mass is 9.82. The van der Waals surface area contributed by atoms with Gasteiger partial charge in [0.05, 0.1) is 12.0 Å². The van der Waals surface area contributed by atoms with E-state index in [0.717, 1.165) is 19.3 Å². The van der Waals surface area contributed by atoms with Crippen molar-refractivity contribution in [1.82, 2.24) is 0 Å². The number of carbonyl (C=O) groups is 1. The van der Waals surface area contributed by atoms with Crippen LogP contribution in [0.4, 0.5) is 18.9 Å². The second-order valence-corrected chi connectivity index (χ2v) is 5.26. The molecule has 1 aromatic carbocycles. The predicted molar refractivity (Wildman–Crippen MR) is 67.6 cm³/mol. The van der Waals surface area contributed by atoms with Gasteiger partial charge >= 0.3 is 0 Å². The Labute approximate surface area is 114 Å². The standard InChI is InChI=1S/C14H16F3NO2/c15-10-6-9(7-11(16)13(10)17)18-12(19)8-14(20)4-2-1-3-5-14/h6-7,20H,1-5,8H2,(H,18,19). The smallest absolute Gasteiger partial charge is 0.227 e. The summed E-state index contributed by atoms with van der Waals surface area (Å²) in [4.78, 5) is 11.8. The maximum Gasteiger partial charge on any atom is 0.227 e. The Kier molecular flexibility index (Phi) is 4.32.